The monoisotopic (exact) mass is 370 g/mol. The second kappa shape index (κ2) is 7.58. The van der Waals surface area contributed by atoms with Gasteiger partial charge in [0.2, 0.25) is 10.0 Å². The lowest BCUT2D eigenvalue weighted by atomic mass is 10.2. The first-order valence-corrected chi connectivity index (χ1v) is 8.71. The Kier molecular flexibility index (Phi) is 5.70. The van der Waals surface area contributed by atoms with Gasteiger partial charge in [-0.05, 0) is 30.3 Å². The fourth-order valence-corrected chi connectivity index (χ4v) is 3.32. The highest BCUT2D eigenvalue weighted by Gasteiger charge is 2.21. The lowest BCUT2D eigenvalue weighted by molar-refractivity contribution is 0.102. The van der Waals surface area contributed by atoms with Crippen LogP contribution in [0, 0.1) is 11.6 Å². The third-order valence-corrected chi connectivity index (χ3v) is 4.79. The molecule has 0 aliphatic rings. The van der Waals surface area contributed by atoms with Crippen molar-refractivity contribution in [1.82, 2.24) is 4.72 Å². The van der Waals surface area contributed by atoms with Gasteiger partial charge in [-0.25, -0.2) is 21.9 Å². The van der Waals surface area contributed by atoms with Crippen molar-refractivity contribution < 1.29 is 26.7 Å². The van der Waals surface area contributed by atoms with Gasteiger partial charge < -0.3 is 10.1 Å². The normalized spacial score (nSPS) is 11.2. The van der Waals surface area contributed by atoms with Crippen molar-refractivity contribution in [3.05, 3.63) is 53.6 Å². The Labute approximate surface area is 143 Å². The van der Waals surface area contributed by atoms with E-state index in [9.17, 15) is 22.0 Å². The number of halogens is 2. The summed E-state index contributed by atoms with van der Waals surface area (Å²) in [5.41, 5.74) is -0.405. The van der Waals surface area contributed by atoms with Gasteiger partial charge in [0, 0.05) is 18.2 Å². The number of anilines is 1. The predicted molar refractivity (Wildman–Crippen MR) is 88.2 cm³/mol. The number of sulfonamides is 1. The Balaban J connectivity index is 2.39. The van der Waals surface area contributed by atoms with Crippen LogP contribution in [0.15, 0.2) is 41.3 Å². The van der Waals surface area contributed by atoms with Crippen LogP contribution in [0.5, 0.6) is 5.75 Å². The number of amides is 1. The molecule has 0 bridgehead atoms. The van der Waals surface area contributed by atoms with E-state index in [2.05, 4.69) is 10.0 Å². The summed E-state index contributed by atoms with van der Waals surface area (Å²) >= 11 is 0. The van der Waals surface area contributed by atoms with Crippen molar-refractivity contribution in [2.45, 2.75) is 11.8 Å². The first-order chi connectivity index (χ1) is 11.8. The molecule has 2 N–H and O–H groups in total. The fraction of sp³-hybridized carbons (Fsp3) is 0.188. The molecule has 0 radical (unpaired) electrons. The molecule has 0 atom stereocenters. The standard InChI is InChI=1S/C16H16F2N2O4S/c1-3-19-25(22,23)15-8-10(4-7-14(15)24-2)16(21)20-13-9-11(17)5-6-12(13)18/h4-9,19H,3H2,1-2H3,(H,20,21). The molecule has 1 amide bonds. The maximum absolute atomic E-state index is 13.6. The lowest BCUT2D eigenvalue weighted by Crippen LogP contribution is -2.24. The highest BCUT2D eigenvalue weighted by molar-refractivity contribution is 7.89. The summed E-state index contributed by atoms with van der Waals surface area (Å²) in [4.78, 5) is 12.0. The molecule has 0 aliphatic heterocycles. The molecule has 134 valence electrons. The minimum absolute atomic E-state index is 0.0504. The highest BCUT2D eigenvalue weighted by atomic mass is 32.2. The van der Waals surface area contributed by atoms with Crippen molar-refractivity contribution in [2.24, 2.45) is 0 Å². The molecule has 0 aromatic heterocycles. The maximum Gasteiger partial charge on any atom is 0.255 e. The second-order valence-corrected chi connectivity index (χ2v) is 6.68. The Bertz CT molecular complexity index is 901. The minimum Gasteiger partial charge on any atom is -0.495 e. The molecule has 6 nitrogen and oxygen atoms in total. The number of nitrogens with one attached hydrogen (secondary N) is 2. The van der Waals surface area contributed by atoms with Crippen LogP contribution in [0.25, 0.3) is 0 Å². The summed E-state index contributed by atoms with van der Waals surface area (Å²) < 4.78 is 58.5. The van der Waals surface area contributed by atoms with E-state index in [1.54, 1.807) is 6.92 Å². The van der Waals surface area contributed by atoms with Crippen molar-refractivity contribution in [1.29, 1.82) is 0 Å². The summed E-state index contributed by atoms with van der Waals surface area (Å²) in [6.07, 6.45) is 0. The summed E-state index contributed by atoms with van der Waals surface area (Å²) in [5, 5.41) is 2.21. The molecule has 2 rings (SSSR count). The number of carbonyl (C=O) groups is 1. The van der Waals surface area contributed by atoms with E-state index in [0.717, 1.165) is 24.3 Å². The average Bonchev–Trinajstić information content (AvgIpc) is 2.57. The van der Waals surface area contributed by atoms with Gasteiger partial charge in [-0.3, -0.25) is 4.79 Å². The summed E-state index contributed by atoms with van der Waals surface area (Å²) in [7, 11) is -2.59. The third kappa shape index (κ3) is 4.31. The van der Waals surface area contributed by atoms with Crippen molar-refractivity contribution in [3.8, 4) is 5.75 Å². The van der Waals surface area contributed by atoms with Crippen LogP contribution >= 0.6 is 0 Å². The van der Waals surface area contributed by atoms with E-state index in [-0.39, 0.29) is 28.4 Å². The van der Waals surface area contributed by atoms with E-state index >= 15 is 0 Å². The van der Waals surface area contributed by atoms with Crippen LogP contribution in [0.4, 0.5) is 14.5 Å². The first-order valence-electron chi connectivity index (χ1n) is 7.22. The van der Waals surface area contributed by atoms with Crippen molar-refractivity contribution >= 4 is 21.6 Å². The molecule has 25 heavy (non-hydrogen) atoms. The number of methoxy groups -OCH3 is 1. The summed E-state index contributed by atoms with van der Waals surface area (Å²) in [6.45, 7) is 1.75. The van der Waals surface area contributed by atoms with Crippen LogP contribution in [0.1, 0.15) is 17.3 Å². The summed E-state index contributed by atoms with van der Waals surface area (Å²) in [5.74, 6) is -2.28. The molecule has 0 saturated carbocycles. The molecule has 9 heteroatoms. The minimum atomic E-state index is -3.89. The zero-order chi connectivity index (χ0) is 18.6. The van der Waals surface area contributed by atoms with Crippen LogP contribution in [-0.2, 0) is 10.0 Å². The molecule has 0 aliphatic carbocycles. The molecule has 0 spiro atoms. The average molecular weight is 370 g/mol. The number of benzene rings is 2. The second-order valence-electron chi connectivity index (χ2n) is 4.95. The third-order valence-electron chi connectivity index (χ3n) is 3.23. The number of rotatable bonds is 6. The zero-order valence-electron chi connectivity index (χ0n) is 13.5. The number of hydrogen-bond donors (Lipinski definition) is 2. The Morgan fingerprint density at radius 1 is 1.16 bits per heavy atom. The number of carbonyl (C=O) groups excluding carboxylic acids is 1. The first kappa shape index (κ1) is 18.8. The van der Waals surface area contributed by atoms with Crippen molar-refractivity contribution in [3.63, 3.8) is 0 Å². The van der Waals surface area contributed by atoms with Gasteiger partial charge in [-0.2, -0.15) is 0 Å². The zero-order valence-corrected chi connectivity index (χ0v) is 14.3. The van der Waals surface area contributed by atoms with Crippen LogP contribution in [0.3, 0.4) is 0 Å². The fourth-order valence-electron chi connectivity index (χ4n) is 2.08. The van der Waals surface area contributed by atoms with Gasteiger partial charge >= 0.3 is 0 Å². The van der Waals surface area contributed by atoms with Crippen LogP contribution in [0.2, 0.25) is 0 Å². The van der Waals surface area contributed by atoms with Crippen molar-refractivity contribution in [2.75, 3.05) is 19.0 Å². The van der Waals surface area contributed by atoms with Gasteiger partial charge in [0.05, 0.1) is 12.8 Å². The van der Waals surface area contributed by atoms with E-state index < -0.39 is 27.6 Å². The van der Waals surface area contributed by atoms with Crippen LogP contribution in [-0.4, -0.2) is 28.0 Å². The topological polar surface area (TPSA) is 84.5 Å². The Hall–Kier alpha value is -2.52. The Morgan fingerprint density at radius 3 is 2.52 bits per heavy atom. The smallest absolute Gasteiger partial charge is 0.255 e. The molecule has 2 aromatic carbocycles. The SMILES string of the molecule is CCNS(=O)(=O)c1cc(C(=O)Nc2cc(F)ccc2F)ccc1OC. The molecule has 0 unspecified atom stereocenters. The van der Waals surface area contributed by atoms with E-state index in [1.807, 2.05) is 0 Å². The molecule has 0 heterocycles. The molecule has 0 fully saturated rings. The molecule has 0 saturated heterocycles. The molecular formula is C16H16F2N2O4S. The predicted octanol–water partition coefficient (Wildman–Crippen LogP) is 2.52. The molecular weight excluding hydrogens is 354 g/mol. The van der Waals surface area contributed by atoms with E-state index in [0.29, 0.717) is 0 Å². The Morgan fingerprint density at radius 2 is 1.88 bits per heavy atom. The van der Waals surface area contributed by atoms with Gasteiger partial charge in [0.15, 0.2) is 0 Å². The van der Waals surface area contributed by atoms with Gasteiger partial charge in [0.25, 0.3) is 5.91 Å². The molecule has 2 aromatic rings. The van der Waals surface area contributed by atoms with E-state index in [1.165, 1.54) is 19.2 Å². The van der Waals surface area contributed by atoms with E-state index in [4.69, 9.17) is 4.74 Å². The highest BCUT2D eigenvalue weighted by Crippen LogP contribution is 2.25. The number of hydrogen-bond acceptors (Lipinski definition) is 4. The van der Waals surface area contributed by atoms with Gasteiger partial charge in [-0.1, -0.05) is 6.92 Å². The lowest BCUT2D eigenvalue weighted by Gasteiger charge is -2.12. The summed E-state index contributed by atoms with van der Waals surface area (Å²) in [6, 6.07) is 6.34. The number of ether oxygens (including phenoxy) is 1. The quantitative estimate of drug-likeness (QED) is 0.818. The largest absolute Gasteiger partial charge is 0.495 e. The van der Waals surface area contributed by atoms with Crippen LogP contribution < -0.4 is 14.8 Å². The van der Waals surface area contributed by atoms with Gasteiger partial charge in [0.1, 0.15) is 22.3 Å². The van der Waals surface area contributed by atoms with Gasteiger partial charge in [-0.15, -0.1) is 0 Å². The maximum atomic E-state index is 13.6.